The quantitative estimate of drug-likeness (QED) is 0.891. The number of amides is 2. The van der Waals surface area contributed by atoms with E-state index in [0.29, 0.717) is 6.54 Å². The number of carbonyl (C=O) groups is 2. The van der Waals surface area contributed by atoms with Gasteiger partial charge in [-0.2, -0.15) is 0 Å². The van der Waals surface area contributed by atoms with Gasteiger partial charge in [0.15, 0.2) is 0 Å². The molecule has 1 rings (SSSR count). The van der Waals surface area contributed by atoms with E-state index in [1.165, 1.54) is 6.92 Å². The average molecular weight is 263 g/mol. The maximum atomic E-state index is 11.9. The molecule has 0 aliphatic rings. The van der Waals surface area contributed by atoms with Crippen molar-refractivity contribution >= 4 is 11.8 Å². The van der Waals surface area contributed by atoms with E-state index >= 15 is 0 Å². The first kappa shape index (κ1) is 15.1. The summed E-state index contributed by atoms with van der Waals surface area (Å²) in [6, 6.07) is 3.71. The highest BCUT2D eigenvalue weighted by molar-refractivity contribution is 5.84. The second kappa shape index (κ2) is 6.31. The number of aromatic nitrogens is 1. The first-order chi connectivity index (χ1) is 8.80. The number of rotatable bonds is 4. The molecule has 5 heteroatoms. The van der Waals surface area contributed by atoms with Gasteiger partial charge in [-0.15, -0.1) is 0 Å². The van der Waals surface area contributed by atoms with Crippen LogP contribution in [0.4, 0.5) is 0 Å². The molecule has 2 amide bonds. The number of pyridine rings is 1. The number of carbonyl (C=O) groups excluding carboxylic acids is 2. The third-order valence-electron chi connectivity index (χ3n) is 2.70. The Morgan fingerprint density at radius 3 is 2.53 bits per heavy atom. The second-order valence-electron chi connectivity index (χ2n) is 5.41. The number of hydrogen-bond donors (Lipinski definition) is 1. The zero-order valence-corrected chi connectivity index (χ0v) is 11.9. The normalized spacial score (nSPS) is 10.9. The van der Waals surface area contributed by atoms with E-state index in [1.54, 1.807) is 17.3 Å². The molecule has 19 heavy (non-hydrogen) atoms. The Morgan fingerprint density at radius 2 is 2.05 bits per heavy atom. The fraction of sp³-hybridized carbons (Fsp3) is 0.500. The highest BCUT2D eigenvalue weighted by Crippen LogP contribution is 2.12. The second-order valence-corrected chi connectivity index (χ2v) is 5.41. The molecule has 0 bridgehead atoms. The summed E-state index contributed by atoms with van der Waals surface area (Å²) in [4.78, 5) is 28.9. The Kier molecular flexibility index (Phi) is 5.03. The summed E-state index contributed by atoms with van der Waals surface area (Å²) in [5.74, 6) is -0.280. The van der Waals surface area contributed by atoms with Gasteiger partial charge in [0.2, 0.25) is 11.8 Å². The molecule has 0 saturated heterocycles. The van der Waals surface area contributed by atoms with Crippen molar-refractivity contribution in [2.45, 2.75) is 39.8 Å². The molecule has 1 aromatic heterocycles. The van der Waals surface area contributed by atoms with Crippen LogP contribution in [0.2, 0.25) is 0 Å². The average Bonchev–Trinajstić information content (AvgIpc) is 2.33. The lowest BCUT2D eigenvalue weighted by Gasteiger charge is -2.34. The molecule has 5 nitrogen and oxygen atoms in total. The van der Waals surface area contributed by atoms with E-state index in [0.717, 1.165) is 5.56 Å². The largest absolute Gasteiger partial charge is 0.350 e. The highest BCUT2D eigenvalue weighted by atomic mass is 16.2. The van der Waals surface area contributed by atoms with Crippen LogP contribution in [0, 0.1) is 0 Å². The lowest BCUT2D eigenvalue weighted by Crippen LogP contribution is -2.49. The van der Waals surface area contributed by atoms with Crippen LogP contribution in [-0.4, -0.2) is 33.8 Å². The smallest absolute Gasteiger partial charge is 0.239 e. The monoisotopic (exact) mass is 263 g/mol. The number of nitrogens with one attached hydrogen (secondary N) is 1. The Morgan fingerprint density at radius 1 is 1.37 bits per heavy atom. The SMILES string of the molecule is CC(=O)N(CC(=O)NCc1cccnc1)C(C)(C)C. The standard InChI is InChI=1S/C14H21N3O2/c1-11(18)17(14(2,3)4)10-13(19)16-9-12-6-5-7-15-8-12/h5-8H,9-10H2,1-4H3,(H,16,19). The van der Waals surface area contributed by atoms with Crippen LogP contribution in [0.25, 0.3) is 0 Å². The first-order valence-electron chi connectivity index (χ1n) is 6.24. The van der Waals surface area contributed by atoms with Crippen molar-refractivity contribution < 1.29 is 9.59 Å². The molecule has 0 aliphatic heterocycles. The van der Waals surface area contributed by atoms with E-state index < -0.39 is 0 Å². The minimum Gasteiger partial charge on any atom is -0.350 e. The zero-order valence-electron chi connectivity index (χ0n) is 11.9. The fourth-order valence-electron chi connectivity index (χ4n) is 1.72. The summed E-state index contributed by atoms with van der Waals surface area (Å²) >= 11 is 0. The summed E-state index contributed by atoms with van der Waals surface area (Å²) < 4.78 is 0. The van der Waals surface area contributed by atoms with Gasteiger partial charge in [0.05, 0.1) is 0 Å². The van der Waals surface area contributed by atoms with Gasteiger partial charge in [-0.1, -0.05) is 6.07 Å². The molecule has 0 unspecified atom stereocenters. The van der Waals surface area contributed by atoms with E-state index in [4.69, 9.17) is 0 Å². The summed E-state index contributed by atoms with van der Waals surface area (Å²) in [7, 11) is 0. The van der Waals surface area contributed by atoms with Crippen LogP contribution in [0.5, 0.6) is 0 Å². The Bertz CT molecular complexity index is 438. The van der Waals surface area contributed by atoms with E-state index in [-0.39, 0.29) is 23.9 Å². The summed E-state index contributed by atoms with van der Waals surface area (Å²) in [6.45, 7) is 7.68. The predicted octanol–water partition coefficient (Wildman–Crippen LogP) is 1.34. The van der Waals surface area contributed by atoms with Crippen LogP contribution in [0.1, 0.15) is 33.3 Å². The van der Waals surface area contributed by atoms with Gasteiger partial charge < -0.3 is 10.2 Å². The van der Waals surface area contributed by atoms with Gasteiger partial charge in [-0.3, -0.25) is 14.6 Å². The highest BCUT2D eigenvalue weighted by Gasteiger charge is 2.25. The van der Waals surface area contributed by atoms with Gasteiger partial charge in [-0.05, 0) is 32.4 Å². The molecule has 0 spiro atoms. The Hall–Kier alpha value is -1.91. The molecule has 0 aliphatic carbocycles. The third kappa shape index (κ3) is 5.07. The van der Waals surface area contributed by atoms with Crippen LogP contribution in [-0.2, 0) is 16.1 Å². The lowest BCUT2D eigenvalue weighted by molar-refractivity contribution is -0.139. The maximum Gasteiger partial charge on any atom is 0.239 e. The molecule has 1 heterocycles. The van der Waals surface area contributed by atoms with Crippen molar-refractivity contribution in [3.63, 3.8) is 0 Å². The van der Waals surface area contributed by atoms with Crippen molar-refractivity contribution in [3.05, 3.63) is 30.1 Å². The van der Waals surface area contributed by atoms with Crippen LogP contribution in [0.3, 0.4) is 0 Å². The van der Waals surface area contributed by atoms with Crippen molar-refractivity contribution in [2.24, 2.45) is 0 Å². The molecule has 1 aromatic rings. The molecular formula is C14H21N3O2. The molecular weight excluding hydrogens is 242 g/mol. The summed E-state index contributed by atoms with van der Waals surface area (Å²) in [6.07, 6.45) is 3.38. The van der Waals surface area contributed by atoms with Crippen molar-refractivity contribution in [1.82, 2.24) is 15.2 Å². The summed E-state index contributed by atoms with van der Waals surface area (Å²) in [5.41, 5.74) is 0.568. The van der Waals surface area contributed by atoms with Crippen LogP contribution < -0.4 is 5.32 Å². The Labute approximate surface area is 114 Å². The molecule has 0 saturated carbocycles. The van der Waals surface area contributed by atoms with Crippen molar-refractivity contribution in [1.29, 1.82) is 0 Å². The van der Waals surface area contributed by atoms with E-state index in [9.17, 15) is 9.59 Å². The number of hydrogen-bond acceptors (Lipinski definition) is 3. The predicted molar refractivity (Wildman–Crippen MR) is 73.2 cm³/mol. The topological polar surface area (TPSA) is 62.3 Å². The zero-order chi connectivity index (χ0) is 14.5. The van der Waals surface area contributed by atoms with Crippen LogP contribution >= 0.6 is 0 Å². The minimum absolute atomic E-state index is 0.0685. The van der Waals surface area contributed by atoms with Gasteiger partial charge in [0.25, 0.3) is 0 Å². The maximum absolute atomic E-state index is 11.9. The van der Waals surface area contributed by atoms with Gasteiger partial charge in [0.1, 0.15) is 6.54 Å². The van der Waals surface area contributed by atoms with E-state index in [2.05, 4.69) is 10.3 Å². The van der Waals surface area contributed by atoms with Gasteiger partial charge >= 0.3 is 0 Å². The molecule has 0 fully saturated rings. The van der Waals surface area contributed by atoms with Crippen LogP contribution in [0.15, 0.2) is 24.5 Å². The van der Waals surface area contributed by atoms with Crippen molar-refractivity contribution in [3.8, 4) is 0 Å². The van der Waals surface area contributed by atoms with Gasteiger partial charge in [0, 0.05) is 31.4 Å². The first-order valence-corrected chi connectivity index (χ1v) is 6.24. The van der Waals surface area contributed by atoms with E-state index in [1.807, 2.05) is 32.9 Å². The minimum atomic E-state index is -0.364. The van der Waals surface area contributed by atoms with Crippen molar-refractivity contribution in [2.75, 3.05) is 6.54 Å². The third-order valence-corrected chi connectivity index (χ3v) is 2.70. The fourth-order valence-corrected chi connectivity index (χ4v) is 1.72. The molecule has 104 valence electrons. The Balaban J connectivity index is 2.52. The van der Waals surface area contributed by atoms with Gasteiger partial charge in [-0.25, -0.2) is 0 Å². The molecule has 0 atom stereocenters. The lowest BCUT2D eigenvalue weighted by atomic mass is 10.1. The number of nitrogens with zero attached hydrogens (tertiary/aromatic N) is 2. The summed E-state index contributed by atoms with van der Waals surface area (Å²) in [5, 5.41) is 2.78. The molecule has 1 N–H and O–H groups in total. The molecule has 0 radical (unpaired) electrons. The molecule has 0 aromatic carbocycles.